The summed E-state index contributed by atoms with van der Waals surface area (Å²) in [5.74, 6) is 0.348. The van der Waals surface area contributed by atoms with Crippen molar-refractivity contribution in [2.24, 2.45) is 0 Å². The van der Waals surface area contributed by atoms with E-state index in [9.17, 15) is 9.59 Å². The van der Waals surface area contributed by atoms with Gasteiger partial charge in [0.2, 0.25) is 5.82 Å². The number of nitrogens with zero attached hydrogens (tertiary/aromatic N) is 3. The summed E-state index contributed by atoms with van der Waals surface area (Å²) in [5.41, 5.74) is 0.447. The van der Waals surface area contributed by atoms with Crippen molar-refractivity contribution >= 4 is 23.4 Å². The first-order valence-electron chi connectivity index (χ1n) is 9.42. The zero-order valence-corrected chi connectivity index (χ0v) is 16.3. The molecule has 0 radical (unpaired) electrons. The molecule has 1 N–H and O–H groups in total. The largest absolute Gasteiger partial charge is 0.493 e. The fourth-order valence-corrected chi connectivity index (χ4v) is 3.16. The van der Waals surface area contributed by atoms with E-state index >= 15 is 0 Å². The lowest BCUT2D eigenvalue weighted by Crippen LogP contribution is -2.35. The van der Waals surface area contributed by atoms with Crippen LogP contribution in [-0.4, -0.2) is 52.9 Å². The van der Waals surface area contributed by atoms with E-state index in [1.807, 2.05) is 0 Å². The highest BCUT2D eigenvalue weighted by Crippen LogP contribution is 2.23. The Morgan fingerprint density at radius 3 is 2.64 bits per heavy atom. The summed E-state index contributed by atoms with van der Waals surface area (Å²) >= 11 is 6.03. The van der Waals surface area contributed by atoms with Crippen LogP contribution >= 0.6 is 11.6 Å². The first kappa shape index (κ1) is 20.1. The smallest absolute Gasteiger partial charge is 0.291 e. The van der Waals surface area contributed by atoms with Gasteiger partial charge in [-0.25, -0.2) is 9.97 Å². The van der Waals surface area contributed by atoms with Crippen molar-refractivity contribution in [1.82, 2.24) is 20.2 Å². The lowest BCUT2D eigenvalue weighted by atomic mass is 10.1. The summed E-state index contributed by atoms with van der Waals surface area (Å²) in [4.78, 5) is 35.0. The van der Waals surface area contributed by atoms with Gasteiger partial charge >= 0.3 is 0 Å². The molecule has 0 spiro atoms. The van der Waals surface area contributed by atoms with E-state index in [4.69, 9.17) is 16.3 Å². The Balaban J connectivity index is 1.67. The van der Waals surface area contributed by atoms with Crippen LogP contribution in [0.1, 0.15) is 46.7 Å². The summed E-state index contributed by atoms with van der Waals surface area (Å²) < 4.78 is 5.79. The van der Waals surface area contributed by atoms with Crippen molar-refractivity contribution < 1.29 is 14.3 Å². The number of amides is 2. The number of ether oxygens (including phenoxy) is 1. The number of carbonyl (C=O) groups excluding carboxylic acids is 2. The van der Waals surface area contributed by atoms with Crippen LogP contribution in [0.3, 0.4) is 0 Å². The monoisotopic (exact) mass is 402 g/mol. The Labute approximate surface area is 169 Å². The second kappa shape index (κ2) is 10.0. The summed E-state index contributed by atoms with van der Waals surface area (Å²) in [6.45, 7) is 2.16. The molecule has 2 heterocycles. The maximum absolute atomic E-state index is 12.7. The predicted octanol–water partition coefficient (Wildman–Crippen LogP) is 2.96. The molecule has 0 saturated heterocycles. The molecular weight excluding hydrogens is 380 g/mol. The molecule has 148 valence electrons. The number of rotatable bonds is 1. The highest BCUT2D eigenvalue weighted by atomic mass is 35.5. The Hall–Kier alpha value is -2.67. The van der Waals surface area contributed by atoms with Gasteiger partial charge in [-0.2, -0.15) is 0 Å². The third kappa shape index (κ3) is 5.42. The van der Waals surface area contributed by atoms with E-state index in [1.165, 1.54) is 0 Å². The van der Waals surface area contributed by atoms with Crippen molar-refractivity contribution in [1.29, 1.82) is 0 Å². The third-order valence-corrected chi connectivity index (χ3v) is 4.69. The molecule has 0 unspecified atom stereocenters. The van der Waals surface area contributed by atoms with Gasteiger partial charge in [-0.05, 0) is 49.9 Å². The fraction of sp³-hybridized carbons (Fsp3) is 0.400. The van der Waals surface area contributed by atoms with E-state index < -0.39 is 0 Å². The van der Waals surface area contributed by atoms with Crippen molar-refractivity contribution in [2.45, 2.75) is 25.7 Å². The quantitative estimate of drug-likeness (QED) is 0.792. The molecule has 28 heavy (non-hydrogen) atoms. The number of hydrogen-bond acceptors (Lipinski definition) is 5. The van der Waals surface area contributed by atoms with Gasteiger partial charge in [0.05, 0.1) is 12.2 Å². The number of fused-ring (bicyclic) bond motifs is 1. The van der Waals surface area contributed by atoms with Crippen LogP contribution in [0.5, 0.6) is 5.75 Å². The molecule has 0 saturated carbocycles. The molecule has 1 aromatic heterocycles. The van der Waals surface area contributed by atoms with Crippen molar-refractivity contribution in [3.8, 4) is 5.75 Å². The first-order valence-corrected chi connectivity index (χ1v) is 9.80. The summed E-state index contributed by atoms with van der Waals surface area (Å²) in [6, 6.07) is 6.73. The van der Waals surface area contributed by atoms with Crippen LogP contribution < -0.4 is 10.1 Å². The van der Waals surface area contributed by atoms with Crippen LogP contribution in [0.4, 0.5) is 0 Å². The highest BCUT2D eigenvalue weighted by Gasteiger charge is 2.18. The summed E-state index contributed by atoms with van der Waals surface area (Å²) in [6.07, 6.45) is 6.20. The lowest BCUT2D eigenvalue weighted by molar-refractivity contribution is 0.0733. The molecule has 3 rings (SSSR count). The Morgan fingerprint density at radius 2 is 1.86 bits per heavy atom. The zero-order chi connectivity index (χ0) is 19.8. The lowest BCUT2D eigenvalue weighted by Gasteiger charge is -2.22. The maximum Gasteiger partial charge on any atom is 0.291 e. The highest BCUT2D eigenvalue weighted by molar-refractivity contribution is 6.31. The minimum atomic E-state index is -0.208. The van der Waals surface area contributed by atoms with Gasteiger partial charge in [-0.15, -0.1) is 0 Å². The van der Waals surface area contributed by atoms with E-state index in [0.717, 1.165) is 25.7 Å². The minimum Gasteiger partial charge on any atom is -0.493 e. The van der Waals surface area contributed by atoms with E-state index in [2.05, 4.69) is 15.3 Å². The molecule has 2 amide bonds. The van der Waals surface area contributed by atoms with Crippen LogP contribution in [0.2, 0.25) is 5.02 Å². The summed E-state index contributed by atoms with van der Waals surface area (Å²) in [5, 5.41) is 3.39. The molecular formula is C20H23ClN4O3. The normalized spacial score (nSPS) is 16.3. The standard InChI is InChI=1S/C20H23ClN4O3/c21-15-6-7-17-16(14-15)19(26)24-8-1-2-11-25(12-3-4-13-28-17)20(27)18-22-9-5-10-23-18/h5-7,9-10,14H,1-4,8,11-13H2,(H,24,26). The number of hydrogen-bond donors (Lipinski definition) is 1. The molecule has 1 aromatic carbocycles. The number of benzene rings is 1. The molecule has 8 heteroatoms. The van der Waals surface area contributed by atoms with Crippen LogP contribution in [0, 0.1) is 0 Å². The average Bonchev–Trinajstić information content (AvgIpc) is 2.72. The topological polar surface area (TPSA) is 84.4 Å². The fourth-order valence-electron chi connectivity index (χ4n) is 2.98. The molecule has 2 aromatic rings. The van der Waals surface area contributed by atoms with E-state index in [0.29, 0.717) is 42.6 Å². The molecule has 0 aliphatic carbocycles. The maximum atomic E-state index is 12.7. The number of aromatic nitrogens is 2. The molecule has 7 nitrogen and oxygen atoms in total. The molecule has 1 aliphatic rings. The second-order valence-electron chi connectivity index (χ2n) is 6.52. The van der Waals surface area contributed by atoms with E-state index in [-0.39, 0.29) is 17.6 Å². The van der Waals surface area contributed by atoms with Crippen molar-refractivity contribution in [3.05, 3.63) is 53.1 Å². The Morgan fingerprint density at radius 1 is 1.11 bits per heavy atom. The van der Waals surface area contributed by atoms with Gasteiger partial charge in [-0.3, -0.25) is 9.59 Å². The van der Waals surface area contributed by atoms with Gasteiger partial charge < -0.3 is 15.0 Å². The van der Waals surface area contributed by atoms with Gasteiger partial charge in [0.1, 0.15) is 5.75 Å². The molecule has 0 fully saturated rings. The third-order valence-electron chi connectivity index (χ3n) is 4.45. The van der Waals surface area contributed by atoms with Crippen LogP contribution in [0.25, 0.3) is 0 Å². The summed E-state index contributed by atoms with van der Waals surface area (Å²) in [7, 11) is 0. The molecule has 0 bridgehead atoms. The Kier molecular flexibility index (Phi) is 7.19. The SMILES string of the molecule is O=C1NCCCCN(C(=O)c2ncccn2)CCCCOc2ccc(Cl)cc21. The van der Waals surface area contributed by atoms with Crippen LogP contribution in [-0.2, 0) is 0 Å². The van der Waals surface area contributed by atoms with Gasteiger partial charge in [0, 0.05) is 37.1 Å². The average molecular weight is 403 g/mol. The second-order valence-corrected chi connectivity index (χ2v) is 6.96. The Bertz CT molecular complexity index is 816. The van der Waals surface area contributed by atoms with Gasteiger partial charge in [0.25, 0.3) is 11.8 Å². The van der Waals surface area contributed by atoms with Crippen molar-refractivity contribution in [3.63, 3.8) is 0 Å². The number of halogens is 1. The van der Waals surface area contributed by atoms with Gasteiger partial charge in [0.15, 0.2) is 0 Å². The molecule has 0 atom stereocenters. The zero-order valence-electron chi connectivity index (χ0n) is 15.6. The first-order chi connectivity index (χ1) is 13.6. The number of carbonyl (C=O) groups is 2. The van der Waals surface area contributed by atoms with Gasteiger partial charge in [-0.1, -0.05) is 11.6 Å². The molecule has 1 aliphatic heterocycles. The predicted molar refractivity (Wildman–Crippen MR) is 106 cm³/mol. The van der Waals surface area contributed by atoms with Crippen LogP contribution in [0.15, 0.2) is 36.7 Å². The minimum absolute atomic E-state index is 0.169. The number of nitrogens with one attached hydrogen (secondary N) is 1. The van der Waals surface area contributed by atoms with E-state index in [1.54, 1.807) is 41.6 Å². The van der Waals surface area contributed by atoms with Crippen molar-refractivity contribution in [2.75, 3.05) is 26.2 Å².